The lowest BCUT2D eigenvalue weighted by atomic mass is 10.1. The Morgan fingerprint density at radius 2 is 1.60 bits per heavy atom. The third kappa shape index (κ3) is 3.79. The van der Waals surface area contributed by atoms with Gasteiger partial charge in [0, 0.05) is 6.54 Å². The van der Waals surface area contributed by atoms with Crippen molar-refractivity contribution in [1.29, 1.82) is 0 Å². The highest BCUT2D eigenvalue weighted by Gasteiger charge is 2.34. The summed E-state index contributed by atoms with van der Waals surface area (Å²) in [5.41, 5.74) is 2.06. The van der Waals surface area contributed by atoms with Crippen molar-refractivity contribution in [2.75, 3.05) is 13.2 Å². The number of amides is 2. The van der Waals surface area contributed by atoms with Crippen molar-refractivity contribution >= 4 is 17.9 Å². The molecule has 0 spiro atoms. The number of hydrogen-bond acceptors (Lipinski definition) is 3. The fourth-order valence-electron chi connectivity index (χ4n) is 2.76. The Morgan fingerprint density at radius 1 is 0.960 bits per heavy atom. The van der Waals surface area contributed by atoms with Crippen LogP contribution >= 0.6 is 0 Å². The summed E-state index contributed by atoms with van der Waals surface area (Å²) in [6.07, 6.45) is 5.58. The number of ether oxygens (including phenoxy) is 1. The second-order valence-corrected chi connectivity index (χ2v) is 5.92. The minimum atomic E-state index is -0.202. The lowest BCUT2D eigenvalue weighted by Crippen LogP contribution is -2.30. The molecule has 0 aromatic heterocycles. The highest BCUT2D eigenvalue weighted by Crippen LogP contribution is 2.22. The van der Waals surface area contributed by atoms with E-state index in [2.05, 4.69) is 6.92 Å². The fourth-order valence-corrected chi connectivity index (χ4v) is 2.76. The molecule has 1 aliphatic rings. The molecule has 0 unspecified atom stereocenters. The predicted octanol–water partition coefficient (Wildman–Crippen LogP) is 4.17. The number of carbonyl (C=O) groups excluding carboxylic acids is 2. The number of rotatable bonds is 7. The van der Waals surface area contributed by atoms with Crippen molar-refractivity contribution in [1.82, 2.24) is 4.90 Å². The number of imide groups is 1. The first kappa shape index (κ1) is 17.0. The topological polar surface area (TPSA) is 46.6 Å². The second kappa shape index (κ2) is 7.79. The van der Waals surface area contributed by atoms with Crippen LogP contribution in [-0.2, 0) is 0 Å². The molecule has 0 radical (unpaired) electrons. The highest BCUT2D eigenvalue weighted by atomic mass is 16.5. The van der Waals surface area contributed by atoms with E-state index in [-0.39, 0.29) is 11.8 Å². The van der Waals surface area contributed by atoms with Gasteiger partial charge in [-0.15, -0.1) is 0 Å². The molecule has 3 rings (SSSR count). The van der Waals surface area contributed by atoms with E-state index in [0.29, 0.717) is 24.1 Å². The molecule has 1 heterocycles. The Kier molecular flexibility index (Phi) is 5.29. The van der Waals surface area contributed by atoms with Crippen molar-refractivity contribution in [3.8, 4) is 5.75 Å². The van der Waals surface area contributed by atoms with Crippen molar-refractivity contribution in [2.24, 2.45) is 0 Å². The van der Waals surface area contributed by atoms with Crippen LogP contribution in [0.25, 0.3) is 6.08 Å². The maximum Gasteiger partial charge on any atom is 0.261 e. The SMILES string of the molecule is CCCOc1ccc(/C=C/CCN2C(=O)c3ccccc3C2=O)cc1. The van der Waals surface area contributed by atoms with E-state index in [1.54, 1.807) is 24.3 Å². The number of carbonyl (C=O) groups is 2. The van der Waals surface area contributed by atoms with Crippen LogP contribution in [0.4, 0.5) is 0 Å². The Morgan fingerprint density at radius 3 is 2.20 bits per heavy atom. The van der Waals surface area contributed by atoms with E-state index in [0.717, 1.165) is 24.3 Å². The molecule has 0 N–H and O–H groups in total. The van der Waals surface area contributed by atoms with Gasteiger partial charge in [-0.05, 0) is 42.7 Å². The third-order valence-corrected chi connectivity index (χ3v) is 4.06. The van der Waals surface area contributed by atoms with Gasteiger partial charge in [-0.2, -0.15) is 0 Å². The molecule has 0 atom stereocenters. The molecule has 0 saturated heterocycles. The first-order chi connectivity index (χ1) is 12.2. The monoisotopic (exact) mass is 335 g/mol. The molecule has 0 fully saturated rings. The standard InChI is InChI=1S/C21H21NO3/c1-2-15-25-17-12-10-16(11-13-17)7-5-6-14-22-20(23)18-8-3-4-9-19(18)21(22)24/h3-5,7-13H,2,6,14-15H2,1H3/b7-5+. The number of nitrogens with zero attached hydrogens (tertiary/aromatic N) is 1. The van der Waals surface area contributed by atoms with Gasteiger partial charge in [0.05, 0.1) is 17.7 Å². The molecule has 1 aliphatic heterocycles. The van der Waals surface area contributed by atoms with Crippen LogP contribution in [0.2, 0.25) is 0 Å². The summed E-state index contributed by atoms with van der Waals surface area (Å²) in [4.78, 5) is 25.8. The molecule has 2 aromatic carbocycles. The zero-order valence-corrected chi connectivity index (χ0v) is 14.3. The van der Waals surface area contributed by atoms with Crippen molar-refractivity contribution in [2.45, 2.75) is 19.8 Å². The summed E-state index contributed by atoms with van der Waals surface area (Å²) in [5.74, 6) is 0.461. The first-order valence-corrected chi connectivity index (χ1v) is 8.55. The smallest absolute Gasteiger partial charge is 0.261 e. The van der Waals surface area contributed by atoms with Gasteiger partial charge in [0.25, 0.3) is 11.8 Å². The number of benzene rings is 2. The van der Waals surface area contributed by atoms with Crippen LogP contribution in [0.1, 0.15) is 46.0 Å². The normalized spacial score (nSPS) is 13.6. The maximum atomic E-state index is 12.3. The Hall–Kier alpha value is -2.88. The zero-order valence-electron chi connectivity index (χ0n) is 14.3. The number of hydrogen-bond donors (Lipinski definition) is 0. The van der Waals surface area contributed by atoms with Crippen LogP contribution in [0.3, 0.4) is 0 Å². The maximum absolute atomic E-state index is 12.3. The van der Waals surface area contributed by atoms with E-state index < -0.39 is 0 Å². The molecule has 4 heteroatoms. The first-order valence-electron chi connectivity index (χ1n) is 8.55. The molecule has 4 nitrogen and oxygen atoms in total. The van der Waals surface area contributed by atoms with Crippen LogP contribution in [0, 0.1) is 0 Å². The summed E-state index contributed by atoms with van der Waals surface area (Å²) in [6, 6.07) is 14.8. The fraction of sp³-hybridized carbons (Fsp3) is 0.238. The van der Waals surface area contributed by atoms with Crippen LogP contribution in [0.5, 0.6) is 5.75 Å². The largest absolute Gasteiger partial charge is 0.494 e. The molecule has 2 aromatic rings. The summed E-state index contributed by atoms with van der Waals surface area (Å²) in [7, 11) is 0. The van der Waals surface area contributed by atoms with Crippen molar-refractivity contribution in [3.63, 3.8) is 0 Å². The highest BCUT2D eigenvalue weighted by molar-refractivity contribution is 6.21. The zero-order chi connectivity index (χ0) is 17.6. The molecular formula is C21H21NO3. The van der Waals surface area contributed by atoms with Gasteiger partial charge in [0.1, 0.15) is 5.75 Å². The average Bonchev–Trinajstić information content (AvgIpc) is 2.89. The van der Waals surface area contributed by atoms with Gasteiger partial charge in [-0.3, -0.25) is 14.5 Å². The van der Waals surface area contributed by atoms with Gasteiger partial charge in [-0.1, -0.05) is 43.3 Å². The van der Waals surface area contributed by atoms with Gasteiger partial charge in [0.2, 0.25) is 0 Å². The van der Waals surface area contributed by atoms with E-state index in [9.17, 15) is 9.59 Å². The molecule has 0 bridgehead atoms. The van der Waals surface area contributed by atoms with Crippen LogP contribution < -0.4 is 4.74 Å². The van der Waals surface area contributed by atoms with Crippen molar-refractivity contribution in [3.05, 3.63) is 71.3 Å². The van der Waals surface area contributed by atoms with Crippen molar-refractivity contribution < 1.29 is 14.3 Å². The summed E-state index contributed by atoms with van der Waals surface area (Å²) < 4.78 is 5.55. The Bertz CT molecular complexity index is 758. The van der Waals surface area contributed by atoms with E-state index >= 15 is 0 Å². The molecule has 128 valence electrons. The Labute approximate surface area is 147 Å². The second-order valence-electron chi connectivity index (χ2n) is 5.92. The van der Waals surface area contributed by atoms with Gasteiger partial charge in [0.15, 0.2) is 0 Å². The minimum absolute atomic E-state index is 0.202. The minimum Gasteiger partial charge on any atom is -0.494 e. The third-order valence-electron chi connectivity index (χ3n) is 4.06. The number of fused-ring (bicyclic) bond motifs is 1. The lowest BCUT2D eigenvalue weighted by molar-refractivity contribution is 0.0657. The molecule has 2 amide bonds. The predicted molar refractivity (Wildman–Crippen MR) is 97.7 cm³/mol. The van der Waals surface area contributed by atoms with Crippen LogP contribution in [-0.4, -0.2) is 29.9 Å². The molecule has 0 aliphatic carbocycles. The summed E-state index contributed by atoms with van der Waals surface area (Å²) >= 11 is 0. The lowest BCUT2D eigenvalue weighted by Gasteiger charge is -2.11. The summed E-state index contributed by atoms with van der Waals surface area (Å²) in [6.45, 7) is 3.18. The van der Waals surface area contributed by atoms with Gasteiger partial charge < -0.3 is 4.74 Å². The van der Waals surface area contributed by atoms with E-state index in [1.807, 2.05) is 36.4 Å². The molecule has 0 saturated carbocycles. The van der Waals surface area contributed by atoms with Gasteiger partial charge >= 0.3 is 0 Å². The quantitative estimate of drug-likeness (QED) is 0.713. The molecule has 25 heavy (non-hydrogen) atoms. The average molecular weight is 335 g/mol. The summed E-state index contributed by atoms with van der Waals surface area (Å²) in [5, 5.41) is 0. The van der Waals surface area contributed by atoms with Crippen LogP contribution in [0.15, 0.2) is 54.6 Å². The van der Waals surface area contributed by atoms with Gasteiger partial charge in [-0.25, -0.2) is 0 Å². The Balaban J connectivity index is 1.54. The molecular weight excluding hydrogens is 314 g/mol. The van der Waals surface area contributed by atoms with E-state index in [4.69, 9.17) is 4.74 Å². The van der Waals surface area contributed by atoms with E-state index in [1.165, 1.54) is 4.90 Å².